The van der Waals surface area contributed by atoms with Gasteiger partial charge >= 0.3 is 5.97 Å². The van der Waals surface area contributed by atoms with Gasteiger partial charge in [-0.25, -0.2) is 9.18 Å². The summed E-state index contributed by atoms with van der Waals surface area (Å²) >= 11 is 0. The van der Waals surface area contributed by atoms with Gasteiger partial charge in [-0.05, 0) is 36.4 Å². The topological polar surface area (TPSA) is 64.6 Å². The quantitative estimate of drug-likeness (QED) is 0.657. The van der Waals surface area contributed by atoms with Gasteiger partial charge in [-0.15, -0.1) is 0 Å². The second-order valence-corrected chi connectivity index (χ2v) is 4.67. The summed E-state index contributed by atoms with van der Waals surface area (Å²) in [5.41, 5.74) is 0.661. The van der Waals surface area contributed by atoms with Crippen LogP contribution in [0.1, 0.15) is 17.3 Å². The molecule has 0 aromatic heterocycles. The van der Waals surface area contributed by atoms with Crippen LogP contribution in [0.3, 0.4) is 0 Å². The molecule has 1 N–H and O–H groups in total. The van der Waals surface area contributed by atoms with E-state index in [1.165, 1.54) is 31.2 Å². The number of esters is 1. The number of hydrogen-bond acceptors (Lipinski definition) is 4. The maximum Gasteiger partial charge on any atom is 0.340 e. The second-order valence-electron chi connectivity index (χ2n) is 4.67. The Hall–Kier alpha value is -2.89. The third kappa shape index (κ3) is 5.10. The van der Waals surface area contributed by atoms with E-state index < -0.39 is 5.97 Å². The van der Waals surface area contributed by atoms with Gasteiger partial charge in [-0.3, -0.25) is 4.79 Å². The number of carbonyl (C=O) groups is 2. The summed E-state index contributed by atoms with van der Waals surface area (Å²) in [4.78, 5) is 23.1. The first-order valence-electron chi connectivity index (χ1n) is 6.98. The number of nitrogens with one attached hydrogen (secondary N) is 1. The fourth-order valence-corrected chi connectivity index (χ4v) is 1.86. The van der Waals surface area contributed by atoms with Crippen LogP contribution in [0.25, 0.3) is 0 Å². The fraction of sp³-hybridized carbons (Fsp3) is 0.176. The van der Waals surface area contributed by atoms with E-state index in [2.05, 4.69) is 5.32 Å². The van der Waals surface area contributed by atoms with E-state index in [0.29, 0.717) is 11.4 Å². The Balaban J connectivity index is 1.85. The highest BCUT2D eigenvalue weighted by Crippen LogP contribution is 2.16. The van der Waals surface area contributed by atoms with Crippen LogP contribution in [-0.4, -0.2) is 25.1 Å². The molecule has 0 unspecified atom stereocenters. The highest BCUT2D eigenvalue weighted by Gasteiger charge is 2.13. The lowest BCUT2D eigenvalue weighted by atomic mass is 10.2. The largest absolute Gasteiger partial charge is 0.490 e. The molecule has 2 aromatic rings. The number of halogens is 1. The highest BCUT2D eigenvalue weighted by atomic mass is 19.1. The molecule has 0 aliphatic rings. The van der Waals surface area contributed by atoms with Gasteiger partial charge in [0.15, 0.2) is 0 Å². The SMILES string of the molecule is CC(=O)Nc1ccccc1C(=O)OCCOc1ccc(F)cc1. The van der Waals surface area contributed by atoms with Gasteiger partial charge in [0.25, 0.3) is 0 Å². The summed E-state index contributed by atoms with van der Waals surface area (Å²) in [5.74, 6) is -0.693. The van der Waals surface area contributed by atoms with Crippen LogP contribution < -0.4 is 10.1 Å². The van der Waals surface area contributed by atoms with Crippen LogP contribution in [0, 0.1) is 5.82 Å². The first-order valence-corrected chi connectivity index (χ1v) is 6.98. The Morgan fingerprint density at radius 1 is 1.04 bits per heavy atom. The van der Waals surface area contributed by atoms with Gasteiger partial charge in [0.2, 0.25) is 5.91 Å². The Bertz CT molecular complexity index is 685. The van der Waals surface area contributed by atoms with Crippen molar-refractivity contribution in [1.82, 2.24) is 0 Å². The molecule has 6 heteroatoms. The molecule has 0 aliphatic carbocycles. The minimum absolute atomic E-state index is 0.0324. The molecular weight excluding hydrogens is 301 g/mol. The van der Waals surface area contributed by atoms with E-state index in [9.17, 15) is 14.0 Å². The van der Waals surface area contributed by atoms with Crippen LogP contribution in [0.15, 0.2) is 48.5 Å². The lowest BCUT2D eigenvalue weighted by Gasteiger charge is -2.10. The van der Waals surface area contributed by atoms with E-state index in [1.807, 2.05) is 0 Å². The van der Waals surface area contributed by atoms with Gasteiger partial charge in [0, 0.05) is 6.92 Å². The molecule has 2 rings (SSSR count). The molecule has 0 saturated carbocycles. The summed E-state index contributed by atoms with van der Waals surface area (Å²) < 4.78 is 23.2. The van der Waals surface area contributed by atoms with Crippen molar-refractivity contribution in [2.24, 2.45) is 0 Å². The maximum absolute atomic E-state index is 12.7. The minimum atomic E-state index is -0.558. The fourth-order valence-electron chi connectivity index (χ4n) is 1.86. The minimum Gasteiger partial charge on any atom is -0.490 e. The van der Waals surface area contributed by atoms with Crippen molar-refractivity contribution in [2.45, 2.75) is 6.92 Å². The standard InChI is InChI=1S/C17H16FNO4/c1-12(20)19-16-5-3-2-4-15(16)17(21)23-11-10-22-14-8-6-13(18)7-9-14/h2-9H,10-11H2,1H3,(H,19,20). The molecule has 120 valence electrons. The van der Waals surface area contributed by atoms with Crippen molar-refractivity contribution in [3.8, 4) is 5.75 Å². The summed E-state index contributed by atoms with van der Waals surface area (Å²) in [7, 11) is 0. The number of benzene rings is 2. The van der Waals surface area contributed by atoms with E-state index in [-0.39, 0.29) is 30.5 Å². The first kappa shape index (κ1) is 16.5. The molecule has 5 nitrogen and oxygen atoms in total. The van der Waals surface area contributed by atoms with Gasteiger partial charge in [0.1, 0.15) is 24.8 Å². The summed E-state index contributed by atoms with van der Waals surface area (Å²) in [5, 5.41) is 2.57. The van der Waals surface area contributed by atoms with Crippen molar-refractivity contribution >= 4 is 17.6 Å². The maximum atomic E-state index is 12.7. The third-order valence-corrected chi connectivity index (χ3v) is 2.86. The van der Waals surface area contributed by atoms with Crippen molar-refractivity contribution in [2.75, 3.05) is 18.5 Å². The first-order chi connectivity index (χ1) is 11.1. The molecule has 0 radical (unpaired) electrons. The van der Waals surface area contributed by atoms with Crippen LogP contribution >= 0.6 is 0 Å². The van der Waals surface area contributed by atoms with Gasteiger partial charge in [-0.2, -0.15) is 0 Å². The number of anilines is 1. The van der Waals surface area contributed by atoms with Gasteiger partial charge in [-0.1, -0.05) is 12.1 Å². The van der Waals surface area contributed by atoms with E-state index >= 15 is 0 Å². The lowest BCUT2D eigenvalue weighted by molar-refractivity contribution is -0.114. The number of para-hydroxylation sites is 1. The molecule has 0 saturated heterocycles. The summed E-state index contributed by atoms with van der Waals surface area (Å²) in [6.07, 6.45) is 0. The molecule has 0 spiro atoms. The number of rotatable bonds is 6. The van der Waals surface area contributed by atoms with Gasteiger partial charge in [0.05, 0.1) is 11.3 Å². The van der Waals surface area contributed by atoms with Crippen LogP contribution in [-0.2, 0) is 9.53 Å². The van der Waals surface area contributed by atoms with Crippen molar-refractivity contribution in [1.29, 1.82) is 0 Å². The molecule has 0 aliphatic heterocycles. The molecule has 0 atom stereocenters. The number of carbonyl (C=O) groups excluding carboxylic acids is 2. The zero-order valence-electron chi connectivity index (χ0n) is 12.5. The van der Waals surface area contributed by atoms with Crippen LogP contribution in [0.2, 0.25) is 0 Å². The van der Waals surface area contributed by atoms with E-state index in [4.69, 9.17) is 9.47 Å². The zero-order chi connectivity index (χ0) is 16.7. The smallest absolute Gasteiger partial charge is 0.340 e. The van der Waals surface area contributed by atoms with Crippen molar-refractivity contribution < 1.29 is 23.5 Å². The van der Waals surface area contributed by atoms with E-state index in [1.54, 1.807) is 24.3 Å². The molecule has 0 heterocycles. The summed E-state index contributed by atoms with van der Waals surface area (Å²) in [6, 6.07) is 12.1. The molecule has 0 bridgehead atoms. The molecule has 0 fully saturated rings. The average molecular weight is 317 g/mol. The van der Waals surface area contributed by atoms with Crippen LogP contribution in [0.5, 0.6) is 5.75 Å². The average Bonchev–Trinajstić information content (AvgIpc) is 2.53. The number of amides is 1. The Morgan fingerprint density at radius 2 is 1.74 bits per heavy atom. The molecule has 1 amide bonds. The Morgan fingerprint density at radius 3 is 2.43 bits per heavy atom. The highest BCUT2D eigenvalue weighted by molar-refractivity contribution is 6.00. The second kappa shape index (κ2) is 7.93. The number of hydrogen-bond donors (Lipinski definition) is 1. The molecular formula is C17H16FNO4. The number of ether oxygens (including phenoxy) is 2. The van der Waals surface area contributed by atoms with Crippen LogP contribution in [0.4, 0.5) is 10.1 Å². The monoisotopic (exact) mass is 317 g/mol. The predicted molar refractivity (Wildman–Crippen MR) is 82.9 cm³/mol. The van der Waals surface area contributed by atoms with E-state index in [0.717, 1.165) is 0 Å². The Kier molecular flexibility index (Phi) is 5.68. The molecule has 2 aromatic carbocycles. The zero-order valence-corrected chi connectivity index (χ0v) is 12.5. The molecule has 23 heavy (non-hydrogen) atoms. The van der Waals surface area contributed by atoms with Crippen molar-refractivity contribution in [3.05, 3.63) is 59.9 Å². The van der Waals surface area contributed by atoms with Crippen molar-refractivity contribution in [3.63, 3.8) is 0 Å². The summed E-state index contributed by atoms with van der Waals surface area (Å²) in [6.45, 7) is 1.53. The lowest BCUT2D eigenvalue weighted by Crippen LogP contribution is -2.15. The normalized spacial score (nSPS) is 10.0. The Labute approximate surface area is 133 Å². The predicted octanol–water partition coefficient (Wildman–Crippen LogP) is 3.02. The third-order valence-electron chi connectivity index (χ3n) is 2.86. The van der Waals surface area contributed by atoms with Gasteiger partial charge < -0.3 is 14.8 Å².